The van der Waals surface area contributed by atoms with E-state index in [0.717, 1.165) is 11.0 Å². The molecule has 0 saturated heterocycles. The summed E-state index contributed by atoms with van der Waals surface area (Å²) in [6.45, 7) is 3.10. The van der Waals surface area contributed by atoms with Gasteiger partial charge in [-0.25, -0.2) is 0 Å². The van der Waals surface area contributed by atoms with Crippen molar-refractivity contribution in [1.82, 2.24) is 0 Å². The van der Waals surface area contributed by atoms with Gasteiger partial charge in [-0.3, -0.25) is 0 Å². The minimum absolute atomic E-state index is 0.318. The van der Waals surface area contributed by atoms with Gasteiger partial charge in [-0.15, -0.1) is 0 Å². The van der Waals surface area contributed by atoms with Crippen molar-refractivity contribution in [3.63, 3.8) is 0 Å². The smallest absolute Gasteiger partial charge is 0.222 e. The normalized spacial score (nSPS) is 13.3. The van der Waals surface area contributed by atoms with Gasteiger partial charge < -0.3 is 14.4 Å². The van der Waals surface area contributed by atoms with E-state index in [0.29, 0.717) is 12.5 Å². The van der Waals surface area contributed by atoms with Crippen molar-refractivity contribution in [2.45, 2.75) is 6.92 Å². The predicted octanol–water partition coefficient (Wildman–Crippen LogP) is 0.517. The Morgan fingerprint density at radius 2 is 2.00 bits per heavy atom. The molecule has 0 aromatic carbocycles. The molecule has 0 atom stereocenters. The third kappa shape index (κ3) is 7.12. The highest BCUT2D eigenvalue weighted by atomic mass is 16.5. The molecule has 0 bridgehead atoms. The summed E-state index contributed by atoms with van der Waals surface area (Å²) in [7, 11) is 6.23. The Kier molecular flexibility index (Phi) is 3.89. The summed E-state index contributed by atoms with van der Waals surface area (Å²) in [5.74, 6) is 0.318. The summed E-state index contributed by atoms with van der Waals surface area (Å²) >= 11 is 0. The number of quaternary nitrogens is 1. The lowest BCUT2D eigenvalue weighted by molar-refractivity contribution is -0.870. The van der Waals surface area contributed by atoms with Crippen LogP contribution in [-0.4, -0.2) is 49.9 Å². The molecule has 4 nitrogen and oxygen atoms in total. The minimum atomic E-state index is 0.318. The Balaban J connectivity index is 3.43. The Labute approximate surface area is 67.7 Å². The quantitative estimate of drug-likeness (QED) is 0.215. The van der Waals surface area contributed by atoms with E-state index in [2.05, 4.69) is 26.3 Å². The van der Waals surface area contributed by atoms with Gasteiger partial charge in [-0.05, 0) is 0 Å². The standard InChI is InChI=1S/C7H16N2O2/c1-7(8-10)11-6-5-9(2,3)4/h5-6H2,1-4H3/p+1. The van der Waals surface area contributed by atoms with E-state index < -0.39 is 0 Å². The number of hydrogen-bond acceptors (Lipinski definition) is 3. The lowest BCUT2D eigenvalue weighted by atomic mass is 10.5. The van der Waals surface area contributed by atoms with Crippen LogP contribution in [0.15, 0.2) is 5.16 Å². The molecule has 0 amide bonds. The van der Waals surface area contributed by atoms with Gasteiger partial charge >= 0.3 is 0 Å². The number of oxime groups is 1. The van der Waals surface area contributed by atoms with Crippen molar-refractivity contribution in [2.75, 3.05) is 34.3 Å². The van der Waals surface area contributed by atoms with Crippen LogP contribution < -0.4 is 0 Å². The zero-order chi connectivity index (χ0) is 8.91. The molecule has 66 valence electrons. The summed E-state index contributed by atoms with van der Waals surface area (Å²) in [5, 5.41) is 11.1. The Morgan fingerprint density at radius 3 is 2.36 bits per heavy atom. The van der Waals surface area contributed by atoms with E-state index in [-0.39, 0.29) is 0 Å². The van der Waals surface area contributed by atoms with Crippen molar-refractivity contribution in [3.8, 4) is 0 Å². The number of rotatable bonds is 3. The van der Waals surface area contributed by atoms with Gasteiger partial charge in [0.05, 0.1) is 21.1 Å². The van der Waals surface area contributed by atoms with Crippen LogP contribution in [0.5, 0.6) is 0 Å². The average Bonchev–Trinajstić information content (AvgIpc) is 1.85. The maximum atomic E-state index is 8.22. The fourth-order valence-electron chi connectivity index (χ4n) is 0.496. The predicted molar refractivity (Wildman–Crippen MR) is 43.7 cm³/mol. The molecule has 0 rings (SSSR count). The summed E-state index contributed by atoms with van der Waals surface area (Å²) < 4.78 is 5.90. The topological polar surface area (TPSA) is 41.8 Å². The maximum absolute atomic E-state index is 8.22. The summed E-state index contributed by atoms with van der Waals surface area (Å²) in [6, 6.07) is 0. The molecule has 0 aliphatic heterocycles. The van der Waals surface area contributed by atoms with Crippen LogP contribution in [0, 0.1) is 0 Å². The van der Waals surface area contributed by atoms with E-state index in [1.165, 1.54) is 0 Å². The molecule has 0 unspecified atom stereocenters. The largest absolute Gasteiger partial charge is 0.473 e. The van der Waals surface area contributed by atoms with E-state index in [1.54, 1.807) is 6.92 Å². The van der Waals surface area contributed by atoms with Crippen molar-refractivity contribution < 1.29 is 14.4 Å². The molecular formula is C7H17N2O2+. The van der Waals surface area contributed by atoms with Crippen molar-refractivity contribution in [1.29, 1.82) is 0 Å². The van der Waals surface area contributed by atoms with Crippen LogP contribution in [0.3, 0.4) is 0 Å². The second-order valence-electron chi connectivity index (χ2n) is 3.48. The number of likely N-dealkylation sites (N-methyl/N-ethyl adjacent to an activating group) is 1. The summed E-state index contributed by atoms with van der Waals surface area (Å²) in [5.41, 5.74) is 0. The summed E-state index contributed by atoms with van der Waals surface area (Å²) in [4.78, 5) is 0. The van der Waals surface area contributed by atoms with Crippen LogP contribution in [-0.2, 0) is 4.74 Å². The minimum Gasteiger partial charge on any atom is -0.473 e. The highest BCUT2D eigenvalue weighted by molar-refractivity contribution is 5.72. The second-order valence-corrected chi connectivity index (χ2v) is 3.48. The van der Waals surface area contributed by atoms with Gasteiger partial charge in [0.2, 0.25) is 5.90 Å². The first-order valence-electron chi connectivity index (χ1n) is 3.57. The third-order valence-corrected chi connectivity index (χ3v) is 1.21. The zero-order valence-electron chi connectivity index (χ0n) is 7.66. The van der Waals surface area contributed by atoms with Crippen LogP contribution in [0.25, 0.3) is 0 Å². The van der Waals surface area contributed by atoms with E-state index in [9.17, 15) is 0 Å². The van der Waals surface area contributed by atoms with Crippen LogP contribution in [0.2, 0.25) is 0 Å². The zero-order valence-corrected chi connectivity index (χ0v) is 7.66. The fourth-order valence-corrected chi connectivity index (χ4v) is 0.496. The average molecular weight is 161 g/mol. The lowest BCUT2D eigenvalue weighted by Gasteiger charge is -2.23. The van der Waals surface area contributed by atoms with Gasteiger partial charge in [0.1, 0.15) is 13.2 Å². The van der Waals surface area contributed by atoms with E-state index in [1.807, 2.05) is 0 Å². The van der Waals surface area contributed by atoms with Gasteiger partial charge in [0.15, 0.2) is 0 Å². The molecule has 11 heavy (non-hydrogen) atoms. The SMILES string of the molecule is CC(=NO)OCC[N+](C)(C)C. The molecular weight excluding hydrogens is 144 g/mol. The first-order valence-corrected chi connectivity index (χ1v) is 3.57. The Hall–Kier alpha value is -0.770. The van der Waals surface area contributed by atoms with Gasteiger partial charge in [0.25, 0.3) is 0 Å². The molecule has 0 aliphatic rings. The molecule has 4 heteroatoms. The lowest BCUT2D eigenvalue weighted by Crippen LogP contribution is -2.37. The van der Waals surface area contributed by atoms with Crippen LogP contribution in [0.4, 0.5) is 0 Å². The van der Waals surface area contributed by atoms with Gasteiger partial charge in [-0.1, -0.05) is 5.16 Å². The second kappa shape index (κ2) is 4.18. The number of ether oxygens (including phenoxy) is 1. The van der Waals surface area contributed by atoms with Gasteiger partial charge in [0, 0.05) is 6.92 Å². The fraction of sp³-hybridized carbons (Fsp3) is 0.857. The van der Waals surface area contributed by atoms with E-state index >= 15 is 0 Å². The highest BCUT2D eigenvalue weighted by Gasteiger charge is 2.06. The van der Waals surface area contributed by atoms with Crippen LogP contribution >= 0.6 is 0 Å². The number of nitrogens with zero attached hydrogens (tertiary/aromatic N) is 2. The molecule has 0 radical (unpaired) electrons. The Morgan fingerprint density at radius 1 is 1.45 bits per heavy atom. The van der Waals surface area contributed by atoms with Crippen molar-refractivity contribution >= 4 is 5.90 Å². The molecule has 0 aromatic heterocycles. The third-order valence-electron chi connectivity index (χ3n) is 1.21. The van der Waals surface area contributed by atoms with Crippen LogP contribution in [0.1, 0.15) is 6.92 Å². The first kappa shape index (κ1) is 10.2. The van der Waals surface area contributed by atoms with Crippen molar-refractivity contribution in [2.24, 2.45) is 5.16 Å². The molecule has 0 fully saturated rings. The van der Waals surface area contributed by atoms with Gasteiger partial charge in [-0.2, -0.15) is 0 Å². The monoisotopic (exact) mass is 161 g/mol. The number of hydrogen-bond donors (Lipinski definition) is 1. The highest BCUT2D eigenvalue weighted by Crippen LogP contribution is 1.89. The molecule has 0 aromatic rings. The molecule has 0 heterocycles. The molecule has 1 N–H and O–H groups in total. The molecule has 0 saturated carbocycles. The van der Waals surface area contributed by atoms with Crippen molar-refractivity contribution in [3.05, 3.63) is 0 Å². The maximum Gasteiger partial charge on any atom is 0.222 e. The molecule has 0 spiro atoms. The Bertz CT molecular complexity index is 138. The molecule has 0 aliphatic carbocycles. The summed E-state index contributed by atoms with van der Waals surface area (Å²) in [6.07, 6.45) is 0. The first-order chi connectivity index (χ1) is 4.95. The van der Waals surface area contributed by atoms with E-state index in [4.69, 9.17) is 9.94 Å².